The molecule has 12 heavy (non-hydrogen) atoms. The van der Waals surface area contributed by atoms with Gasteiger partial charge in [0.15, 0.2) is 0 Å². The summed E-state index contributed by atoms with van der Waals surface area (Å²) in [7, 11) is 2.01. The highest BCUT2D eigenvalue weighted by atomic mass is 14.8. The van der Waals surface area contributed by atoms with E-state index >= 15 is 0 Å². The smallest absolute Gasteiger partial charge is 0.0164 e. The van der Waals surface area contributed by atoms with Crippen LogP contribution in [0, 0.1) is 11.8 Å². The van der Waals surface area contributed by atoms with Gasteiger partial charge in [-0.25, -0.2) is 0 Å². The van der Waals surface area contributed by atoms with Crippen LogP contribution in [0.4, 0.5) is 0 Å². The molecule has 1 heteroatoms. The molecular weight excluding hydrogens is 146 g/mol. The maximum absolute atomic E-state index is 3.21. The van der Waals surface area contributed by atoms with Crippen LogP contribution in [0.2, 0.25) is 0 Å². The Bertz CT molecular complexity index is 136. The molecule has 0 aromatic rings. The van der Waals surface area contributed by atoms with Crippen molar-refractivity contribution in [3.8, 4) is 0 Å². The van der Waals surface area contributed by atoms with Crippen molar-refractivity contribution < 1.29 is 0 Å². The van der Waals surface area contributed by atoms with Crippen molar-refractivity contribution in [3.63, 3.8) is 0 Å². The van der Waals surface area contributed by atoms with Gasteiger partial charge in [-0.1, -0.05) is 45.8 Å². The van der Waals surface area contributed by atoms with E-state index in [1.807, 2.05) is 7.05 Å². The minimum absolute atomic E-state index is 0.673. The van der Waals surface area contributed by atoms with Crippen LogP contribution in [-0.2, 0) is 0 Å². The van der Waals surface area contributed by atoms with Gasteiger partial charge in [0.25, 0.3) is 0 Å². The average Bonchev–Trinajstić information content (AvgIpc) is 2.03. The number of rotatable bonds is 5. The zero-order chi connectivity index (χ0) is 9.56. The van der Waals surface area contributed by atoms with E-state index in [1.54, 1.807) is 0 Å². The molecule has 0 aromatic heterocycles. The van der Waals surface area contributed by atoms with E-state index in [-0.39, 0.29) is 0 Å². The van der Waals surface area contributed by atoms with Crippen LogP contribution >= 0.6 is 0 Å². The summed E-state index contributed by atoms with van der Waals surface area (Å²) in [6, 6.07) is 0. The van der Waals surface area contributed by atoms with E-state index in [1.165, 1.54) is 12.0 Å². The standard InChI is InChI=1S/C11H23N/c1-6-10(4)7-11(8-12-5)9(2)3/h7,9-10,12H,6,8H2,1-5H3/b11-7-. The Hall–Kier alpha value is -0.300. The van der Waals surface area contributed by atoms with Crippen molar-refractivity contribution in [2.75, 3.05) is 13.6 Å². The largest absolute Gasteiger partial charge is 0.316 e. The molecule has 0 aliphatic heterocycles. The third kappa shape index (κ3) is 4.55. The van der Waals surface area contributed by atoms with Crippen LogP contribution in [-0.4, -0.2) is 13.6 Å². The van der Waals surface area contributed by atoms with Crippen molar-refractivity contribution in [1.82, 2.24) is 5.32 Å². The zero-order valence-electron chi connectivity index (χ0n) is 9.15. The van der Waals surface area contributed by atoms with E-state index in [4.69, 9.17) is 0 Å². The summed E-state index contributed by atoms with van der Waals surface area (Å²) in [5.41, 5.74) is 1.53. The number of likely N-dealkylation sites (N-methyl/N-ethyl adjacent to an activating group) is 1. The molecule has 0 saturated heterocycles. The molecule has 0 heterocycles. The molecule has 0 bridgehead atoms. The Balaban J connectivity index is 4.16. The van der Waals surface area contributed by atoms with Gasteiger partial charge in [-0.3, -0.25) is 0 Å². The van der Waals surface area contributed by atoms with Gasteiger partial charge in [-0.2, -0.15) is 0 Å². The molecule has 1 N–H and O–H groups in total. The lowest BCUT2D eigenvalue weighted by Crippen LogP contribution is -2.14. The SMILES string of the molecule is CCC(C)/C=C(/CNC)C(C)C. The van der Waals surface area contributed by atoms with E-state index < -0.39 is 0 Å². The quantitative estimate of drug-likeness (QED) is 0.624. The van der Waals surface area contributed by atoms with Crippen LogP contribution in [0.1, 0.15) is 34.1 Å². The normalized spacial score (nSPS) is 15.3. The Labute approximate surface area is 77.2 Å². The number of allylic oxidation sites excluding steroid dienone is 1. The summed E-state index contributed by atoms with van der Waals surface area (Å²) < 4.78 is 0. The van der Waals surface area contributed by atoms with E-state index in [2.05, 4.69) is 39.1 Å². The number of nitrogens with one attached hydrogen (secondary N) is 1. The van der Waals surface area contributed by atoms with Gasteiger partial charge in [0.2, 0.25) is 0 Å². The molecular formula is C11H23N. The first-order valence-electron chi connectivity index (χ1n) is 4.97. The fourth-order valence-corrected chi connectivity index (χ4v) is 1.14. The van der Waals surface area contributed by atoms with Crippen molar-refractivity contribution in [2.24, 2.45) is 11.8 Å². The minimum Gasteiger partial charge on any atom is -0.316 e. The summed E-state index contributed by atoms with van der Waals surface area (Å²) in [5.74, 6) is 1.39. The van der Waals surface area contributed by atoms with Crippen molar-refractivity contribution in [1.29, 1.82) is 0 Å². The first-order chi connectivity index (χ1) is 5.61. The molecule has 0 fully saturated rings. The second-order valence-electron chi connectivity index (χ2n) is 3.81. The second-order valence-corrected chi connectivity index (χ2v) is 3.81. The molecule has 0 spiro atoms. The third-order valence-corrected chi connectivity index (χ3v) is 2.27. The first kappa shape index (κ1) is 11.7. The monoisotopic (exact) mass is 169 g/mol. The summed E-state index contributed by atoms with van der Waals surface area (Å²) in [6.07, 6.45) is 3.64. The predicted molar refractivity (Wildman–Crippen MR) is 56.3 cm³/mol. The van der Waals surface area contributed by atoms with Crippen LogP contribution in [0.25, 0.3) is 0 Å². The van der Waals surface area contributed by atoms with E-state index in [0.29, 0.717) is 5.92 Å². The fourth-order valence-electron chi connectivity index (χ4n) is 1.14. The lowest BCUT2D eigenvalue weighted by atomic mass is 9.97. The van der Waals surface area contributed by atoms with Gasteiger partial charge >= 0.3 is 0 Å². The molecule has 0 aliphatic rings. The second kappa shape index (κ2) is 6.24. The lowest BCUT2D eigenvalue weighted by Gasteiger charge is -2.13. The van der Waals surface area contributed by atoms with Gasteiger partial charge in [0, 0.05) is 6.54 Å². The molecule has 0 amide bonds. The summed E-state index contributed by atoms with van der Waals surface area (Å²) in [4.78, 5) is 0. The number of hydrogen-bond donors (Lipinski definition) is 1. The maximum atomic E-state index is 3.21. The van der Waals surface area contributed by atoms with Gasteiger partial charge in [0.05, 0.1) is 0 Å². The molecule has 0 saturated carbocycles. The first-order valence-corrected chi connectivity index (χ1v) is 4.97. The van der Waals surface area contributed by atoms with Crippen LogP contribution in [0.5, 0.6) is 0 Å². The zero-order valence-corrected chi connectivity index (χ0v) is 9.15. The molecule has 72 valence electrons. The molecule has 1 unspecified atom stereocenters. The Morgan fingerprint density at radius 2 is 1.92 bits per heavy atom. The molecule has 1 atom stereocenters. The van der Waals surface area contributed by atoms with Crippen molar-refractivity contribution in [2.45, 2.75) is 34.1 Å². The van der Waals surface area contributed by atoms with Crippen LogP contribution < -0.4 is 5.32 Å². The Morgan fingerprint density at radius 1 is 1.33 bits per heavy atom. The van der Waals surface area contributed by atoms with E-state index in [9.17, 15) is 0 Å². The third-order valence-electron chi connectivity index (χ3n) is 2.27. The summed E-state index contributed by atoms with van der Waals surface area (Å²) in [5, 5.41) is 3.21. The van der Waals surface area contributed by atoms with Gasteiger partial charge in [-0.05, 0) is 18.9 Å². The van der Waals surface area contributed by atoms with Crippen LogP contribution in [0.3, 0.4) is 0 Å². The molecule has 0 rings (SSSR count). The van der Waals surface area contributed by atoms with Gasteiger partial charge < -0.3 is 5.32 Å². The number of hydrogen-bond acceptors (Lipinski definition) is 1. The summed E-state index contributed by atoms with van der Waals surface area (Å²) >= 11 is 0. The molecule has 0 aliphatic carbocycles. The highest BCUT2D eigenvalue weighted by Crippen LogP contribution is 2.13. The van der Waals surface area contributed by atoms with E-state index in [0.717, 1.165) is 12.5 Å². The topological polar surface area (TPSA) is 12.0 Å². The van der Waals surface area contributed by atoms with Gasteiger partial charge in [0.1, 0.15) is 0 Å². The minimum atomic E-state index is 0.673. The molecule has 0 aromatic carbocycles. The van der Waals surface area contributed by atoms with Gasteiger partial charge in [-0.15, -0.1) is 0 Å². The Morgan fingerprint density at radius 3 is 2.25 bits per heavy atom. The summed E-state index contributed by atoms with van der Waals surface area (Å²) in [6.45, 7) is 10.1. The average molecular weight is 169 g/mol. The molecule has 0 radical (unpaired) electrons. The van der Waals surface area contributed by atoms with Crippen molar-refractivity contribution >= 4 is 0 Å². The highest BCUT2D eigenvalue weighted by Gasteiger charge is 2.03. The predicted octanol–water partition coefficient (Wildman–Crippen LogP) is 2.83. The maximum Gasteiger partial charge on any atom is 0.0164 e. The Kier molecular flexibility index (Phi) is 6.09. The fraction of sp³-hybridized carbons (Fsp3) is 0.818. The molecule has 1 nitrogen and oxygen atoms in total. The lowest BCUT2D eigenvalue weighted by molar-refractivity contribution is 0.646. The highest BCUT2D eigenvalue weighted by molar-refractivity contribution is 5.08. The van der Waals surface area contributed by atoms with Crippen LogP contribution in [0.15, 0.2) is 11.6 Å². The van der Waals surface area contributed by atoms with Crippen molar-refractivity contribution in [3.05, 3.63) is 11.6 Å².